The molecule has 130 valence electrons. The van der Waals surface area contributed by atoms with Gasteiger partial charge in [0.15, 0.2) is 0 Å². The number of rotatable bonds is 5. The first kappa shape index (κ1) is 18.3. The molecule has 2 aromatic rings. The number of fused-ring (bicyclic) bond motifs is 2. The average molecular weight is 371 g/mol. The molecule has 0 amide bonds. The maximum absolute atomic E-state index is 10.4. The fraction of sp³-hybridized carbons (Fsp3) is 0.381. The second-order valence-corrected chi connectivity index (χ2v) is 7.83. The third-order valence-corrected chi connectivity index (χ3v) is 6.49. The summed E-state index contributed by atoms with van der Waals surface area (Å²) in [7, 11) is 0. The molecular weight excluding hydrogens is 348 g/mol. The molecule has 0 fully saturated rings. The molecule has 0 spiro atoms. The van der Waals surface area contributed by atoms with Gasteiger partial charge in [-0.25, -0.2) is 0 Å². The Morgan fingerprint density at radius 3 is 2.64 bits per heavy atom. The van der Waals surface area contributed by atoms with Crippen LogP contribution in [0.3, 0.4) is 0 Å². The molecule has 0 radical (unpaired) electrons. The van der Waals surface area contributed by atoms with E-state index in [0.29, 0.717) is 0 Å². The van der Waals surface area contributed by atoms with Crippen LogP contribution in [0.25, 0.3) is 0 Å². The molecule has 1 aliphatic rings. The normalized spacial score (nSPS) is 19.0. The van der Waals surface area contributed by atoms with E-state index < -0.39 is 5.41 Å². The van der Waals surface area contributed by atoms with Crippen molar-refractivity contribution in [1.29, 1.82) is 5.26 Å². The van der Waals surface area contributed by atoms with Gasteiger partial charge < -0.3 is 4.90 Å². The van der Waals surface area contributed by atoms with Crippen LogP contribution in [0.1, 0.15) is 37.0 Å². The number of thioether (sulfide) groups is 1. The minimum atomic E-state index is -0.622. The number of benzene rings is 2. The number of halogens is 1. The van der Waals surface area contributed by atoms with Gasteiger partial charge in [0.25, 0.3) is 0 Å². The maximum atomic E-state index is 10.4. The van der Waals surface area contributed by atoms with Crippen LogP contribution < -0.4 is 0 Å². The van der Waals surface area contributed by atoms with Gasteiger partial charge >= 0.3 is 0 Å². The van der Waals surface area contributed by atoms with Crippen molar-refractivity contribution < 1.29 is 0 Å². The van der Waals surface area contributed by atoms with Gasteiger partial charge in [0.2, 0.25) is 0 Å². The van der Waals surface area contributed by atoms with Crippen molar-refractivity contribution in [3.05, 3.63) is 64.2 Å². The summed E-state index contributed by atoms with van der Waals surface area (Å²) in [6.45, 7) is 7.26. The molecule has 1 aliphatic heterocycles. The zero-order valence-corrected chi connectivity index (χ0v) is 16.3. The molecule has 0 bridgehead atoms. The van der Waals surface area contributed by atoms with Crippen LogP contribution in [0.2, 0.25) is 5.02 Å². The number of hydrogen-bond acceptors (Lipinski definition) is 3. The Morgan fingerprint density at radius 1 is 1.16 bits per heavy atom. The zero-order chi connectivity index (χ0) is 17.9. The topological polar surface area (TPSA) is 27.0 Å². The monoisotopic (exact) mass is 370 g/mol. The van der Waals surface area contributed by atoms with Crippen LogP contribution in [0, 0.1) is 11.3 Å². The Hall–Kier alpha value is -1.47. The third kappa shape index (κ3) is 3.44. The van der Waals surface area contributed by atoms with Crippen molar-refractivity contribution >= 4 is 23.4 Å². The Labute approximate surface area is 159 Å². The Balaban J connectivity index is 2.15. The van der Waals surface area contributed by atoms with E-state index in [2.05, 4.69) is 49.1 Å². The lowest BCUT2D eigenvalue weighted by molar-refractivity contribution is 0.284. The summed E-state index contributed by atoms with van der Waals surface area (Å²) >= 11 is 8.03. The lowest BCUT2D eigenvalue weighted by atomic mass is 9.71. The molecule has 0 saturated carbocycles. The molecule has 0 N–H and O–H groups in total. The number of nitrogens with zero attached hydrogens (tertiary/aromatic N) is 2. The summed E-state index contributed by atoms with van der Waals surface area (Å²) in [5.41, 5.74) is 2.88. The van der Waals surface area contributed by atoms with Gasteiger partial charge in [-0.1, -0.05) is 55.8 Å². The van der Waals surface area contributed by atoms with Crippen molar-refractivity contribution in [3.63, 3.8) is 0 Å². The second-order valence-electron chi connectivity index (χ2n) is 6.38. The first-order valence-corrected chi connectivity index (χ1v) is 10.2. The van der Waals surface area contributed by atoms with Crippen LogP contribution in [-0.4, -0.2) is 24.5 Å². The minimum Gasteiger partial charge on any atom is -0.304 e. The molecule has 1 heterocycles. The predicted octanol–water partition coefficient (Wildman–Crippen LogP) is 5.49. The second kappa shape index (κ2) is 7.83. The van der Waals surface area contributed by atoms with E-state index in [1.54, 1.807) is 11.8 Å². The molecule has 2 nitrogen and oxygen atoms in total. The zero-order valence-electron chi connectivity index (χ0n) is 14.8. The minimum absolute atomic E-state index is 0.622. The van der Waals surface area contributed by atoms with Crippen molar-refractivity contribution in [1.82, 2.24) is 4.90 Å². The quantitative estimate of drug-likeness (QED) is 0.696. The van der Waals surface area contributed by atoms with E-state index in [-0.39, 0.29) is 0 Å². The molecule has 3 rings (SSSR count). The van der Waals surface area contributed by atoms with Crippen molar-refractivity contribution in [2.24, 2.45) is 0 Å². The van der Waals surface area contributed by atoms with Crippen LogP contribution >= 0.6 is 23.4 Å². The standard InChI is InChI=1S/C21H23ClN2S/c1-3-24(4-2)12-11-21(15-23)18-8-6-5-7-16(18)14-25-20-13-17(22)9-10-19(20)21/h5-10,13H,3-4,11-12,14H2,1-2H3. The molecular formula is C21H23ClN2S. The van der Waals surface area contributed by atoms with Gasteiger partial charge in [0, 0.05) is 22.2 Å². The summed E-state index contributed by atoms with van der Waals surface area (Å²) in [6, 6.07) is 17.1. The van der Waals surface area contributed by atoms with Crippen molar-refractivity contribution in [2.45, 2.75) is 36.3 Å². The maximum Gasteiger partial charge on any atom is 0.110 e. The molecule has 0 aliphatic carbocycles. The highest BCUT2D eigenvalue weighted by Crippen LogP contribution is 2.47. The molecule has 25 heavy (non-hydrogen) atoms. The smallest absolute Gasteiger partial charge is 0.110 e. The SMILES string of the molecule is CCN(CC)CCC1(C#N)c2ccccc2CSc2cc(Cl)ccc21. The summed E-state index contributed by atoms with van der Waals surface area (Å²) in [5.74, 6) is 0.873. The van der Waals surface area contributed by atoms with Crippen LogP contribution in [-0.2, 0) is 11.2 Å². The lowest BCUT2D eigenvalue weighted by Crippen LogP contribution is -2.34. The highest BCUT2D eigenvalue weighted by molar-refractivity contribution is 7.98. The summed E-state index contributed by atoms with van der Waals surface area (Å²) < 4.78 is 0. The summed E-state index contributed by atoms with van der Waals surface area (Å²) in [4.78, 5) is 3.51. The molecule has 1 atom stereocenters. The first-order chi connectivity index (χ1) is 12.1. The highest BCUT2D eigenvalue weighted by Gasteiger charge is 2.39. The molecule has 1 unspecified atom stereocenters. The van der Waals surface area contributed by atoms with Gasteiger partial charge in [0.1, 0.15) is 5.41 Å². The van der Waals surface area contributed by atoms with Crippen molar-refractivity contribution in [3.8, 4) is 6.07 Å². The van der Waals surface area contributed by atoms with E-state index in [1.165, 1.54) is 5.56 Å². The van der Waals surface area contributed by atoms with E-state index in [0.717, 1.165) is 52.9 Å². The highest BCUT2D eigenvalue weighted by atomic mass is 35.5. The molecule has 2 aromatic carbocycles. The summed E-state index contributed by atoms with van der Waals surface area (Å²) in [6.07, 6.45) is 0.789. The van der Waals surface area contributed by atoms with E-state index in [1.807, 2.05) is 18.2 Å². The van der Waals surface area contributed by atoms with Gasteiger partial charge in [0.05, 0.1) is 6.07 Å². The Kier molecular flexibility index (Phi) is 5.74. The first-order valence-electron chi connectivity index (χ1n) is 8.79. The van der Waals surface area contributed by atoms with E-state index >= 15 is 0 Å². The largest absolute Gasteiger partial charge is 0.304 e. The van der Waals surface area contributed by atoms with Crippen LogP contribution in [0.5, 0.6) is 0 Å². The average Bonchev–Trinajstić information content (AvgIpc) is 2.78. The van der Waals surface area contributed by atoms with Gasteiger partial charge in [-0.2, -0.15) is 5.26 Å². The predicted molar refractivity (Wildman–Crippen MR) is 106 cm³/mol. The molecule has 0 aromatic heterocycles. The van der Waals surface area contributed by atoms with Crippen LogP contribution in [0.4, 0.5) is 0 Å². The Morgan fingerprint density at radius 2 is 1.92 bits per heavy atom. The van der Waals surface area contributed by atoms with Crippen LogP contribution in [0.15, 0.2) is 47.4 Å². The van der Waals surface area contributed by atoms with E-state index in [4.69, 9.17) is 11.6 Å². The number of nitriles is 1. The number of hydrogen-bond donors (Lipinski definition) is 0. The third-order valence-electron chi connectivity index (χ3n) is 5.15. The lowest BCUT2D eigenvalue weighted by Gasteiger charge is -2.31. The Bertz CT molecular complexity index is 795. The molecule has 0 saturated heterocycles. The van der Waals surface area contributed by atoms with Gasteiger partial charge in [-0.15, -0.1) is 11.8 Å². The summed E-state index contributed by atoms with van der Waals surface area (Å²) in [5, 5.41) is 11.1. The fourth-order valence-electron chi connectivity index (χ4n) is 3.64. The van der Waals surface area contributed by atoms with Gasteiger partial charge in [-0.3, -0.25) is 0 Å². The van der Waals surface area contributed by atoms with E-state index in [9.17, 15) is 5.26 Å². The van der Waals surface area contributed by atoms with Gasteiger partial charge in [-0.05, 0) is 48.3 Å². The fourth-order valence-corrected chi connectivity index (χ4v) is 5.05. The van der Waals surface area contributed by atoms with Crippen molar-refractivity contribution in [2.75, 3.05) is 19.6 Å². The molecule has 4 heteroatoms.